The molecule has 2 aromatic carbocycles. The highest BCUT2D eigenvalue weighted by Crippen LogP contribution is 2.31. The molecule has 0 spiro atoms. The Morgan fingerprint density at radius 3 is 2.89 bits per heavy atom. The fourth-order valence-corrected chi connectivity index (χ4v) is 2.58. The van der Waals surface area contributed by atoms with Crippen LogP contribution in [0.2, 0.25) is 0 Å². The van der Waals surface area contributed by atoms with E-state index in [2.05, 4.69) is 15.9 Å². The van der Waals surface area contributed by atoms with Crippen molar-refractivity contribution in [3.63, 3.8) is 0 Å². The Balaban J connectivity index is 2.05. The van der Waals surface area contributed by atoms with Crippen molar-refractivity contribution in [3.8, 4) is 5.75 Å². The van der Waals surface area contributed by atoms with Crippen molar-refractivity contribution in [2.24, 2.45) is 0 Å². The lowest BCUT2D eigenvalue weighted by Crippen LogP contribution is -2.04. The number of ketones is 1. The van der Waals surface area contributed by atoms with Crippen molar-refractivity contribution in [2.75, 3.05) is 6.61 Å². The van der Waals surface area contributed by atoms with E-state index in [0.717, 1.165) is 27.8 Å². The van der Waals surface area contributed by atoms with Gasteiger partial charge < -0.3 is 4.74 Å². The topological polar surface area (TPSA) is 26.3 Å². The lowest BCUT2D eigenvalue weighted by Gasteiger charge is -2.08. The quantitative estimate of drug-likeness (QED) is 0.785. The number of fused-ring (bicyclic) bond motifs is 1. The van der Waals surface area contributed by atoms with Crippen molar-refractivity contribution in [2.45, 2.75) is 13.3 Å². The lowest BCUT2D eigenvalue weighted by atomic mass is 9.99. The molecule has 2 aromatic rings. The smallest absolute Gasteiger partial charge is 0.196 e. The molecule has 3 heteroatoms. The summed E-state index contributed by atoms with van der Waals surface area (Å²) in [6, 6.07) is 11.4. The van der Waals surface area contributed by atoms with Crippen molar-refractivity contribution in [1.29, 1.82) is 0 Å². The molecule has 0 aliphatic carbocycles. The Morgan fingerprint density at radius 2 is 2.11 bits per heavy atom. The normalized spacial score (nSPS) is 12.9. The van der Waals surface area contributed by atoms with E-state index in [-0.39, 0.29) is 5.78 Å². The second kappa shape index (κ2) is 4.82. The minimum Gasteiger partial charge on any atom is -0.492 e. The summed E-state index contributed by atoms with van der Waals surface area (Å²) in [6.07, 6.45) is 0.885. The molecule has 0 unspecified atom stereocenters. The largest absolute Gasteiger partial charge is 0.492 e. The standard InChI is InChI=1S/C16H13BrO2/c1-10-9-12(5-6-14(10)17)15(18)13-4-2-3-11-7-8-19-16(11)13/h2-6,9H,7-8H2,1H3. The first-order valence-electron chi connectivity index (χ1n) is 6.22. The lowest BCUT2D eigenvalue weighted by molar-refractivity contribution is 0.103. The number of carbonyl (C=O) groups excluding carboxylic acids is 1. The van der Waals surface area contributed by atoms with Crippen LogP contribution in [0.3, 0.4) is 0 Å². The molecule has 0 aromatic heterocycles. The van der Waals surface area contributed by atoms with Gasteiger partial charge in [-0.3, -0.25) is 4.79 Å². The van der Waals surface area contributed by atoms with Crippen LogP contribution in [0.5, 0.6) is 5.75 Å². The molecule has 1 aliphatic rings. The summed E-state index contributed by atoms with van der Waals surface area (Å²) in [5.74, 6) is 0.780. The van der Waals surface area contributed by atoms with Crippen LogP contribution in [0.4, 0.5) is 0 Å². The first kappa shape index (κ1) is 12.4. The molecule has 3 rings (SSSR count). The summed E-state index contributed by atoms with van der Waals surface area (Å²) < 4.78 is 6.61. The zero-order valence-electron chi connectivity index (χ0n) is 10.6. The van der Waals surface area contributed by atoms with Gasteiger partial charge >= 0.3 is 0 Å². The summed E-state index contributed by atoms with van der Waals surface area (Å²) in [4.78, 5) is 12.6. The van der Waals surface area contributed by atoms with E-state index in [1.807, 2.05) is 43.3 Å². The molecule has 2 nitrogen and oxygen atoms in total. The van der Waals surface area contributed by atoms with Gasteiger partial charge in [0.2, 0.25) is 0 Å². The SMILES string of the molecule is Cc1cc(C(=O)c2cccc3c2OCC3)ccc1Br. The average molecular weight is 317 g/mol. The molecule has 0 saturated heterocycles. The van der Waals surface area contributed by atoms with Gasteiger partial charge in [-0.25, -0.2) is 0 Å². The van der Waals surface area contributed by atoms with E-state index < -0.39 is 0 Å². The van der Waals surface area contributed by atoms with Gasteiger partial charge in [-0.1, -0.05) is 28.1 Å². The first-order valence-corrected chi connectivity index (χ1v) is 7.01. The second-order valence-corrected chi connectivity index (χ2v) is 5.54. The van der Waals surface area contributed by atoms with Crippen molar-refractivity contribution < 1.29 is 9.53 Å². The molecule has 0 atom stereocenters. The molecular weight excluding hydrogens is 304 g/mol. The van der Waals surface area contributed by atoms with E-state index in [4.69, 9.17) is 4.74 Å². The van der Waals surface area contributed by atoms with Crippen molar-refractivity contribution in [1.82, 2.24) is 0 Å². The number of rotatable bonds is 2. The zero-order chi connectivity index (χ0) is 13.4. The number of aryl methyl sites for hydroxylation is 1. The summed E-state index contributed by atoms with van der Waals surface area (Å²) >= 11 is 3.45. The van der Waals surface area contributed by atoms with Gasteiger partial charge in [-0.2, -0.15) is 0 Å². The Bertz CT molecular complexity index is 662. The number of benzene rings is 2. The van der Waals surface area contributed by atoms with E-state index in [1.165, 1.54) is 0 Å². The number of ether oxygens (including phenoxy) is 1. The molecular formula is C16H13BrO2. The fraction of sp³-hybridized carbons (Fsp3) is 0.188. The summed E-state index contributed by atoms with van der Waals surface area (Å²) in [6.45, 7) is 2.64. The second-order valence-electron chi connectivity index (χ2n) is 4.69. The monoisotopic (exact) mass is 316 g/mol. The maximum Gasteiger partial charge on any atom is 0.196 e. The predicted molar refractivity (Wildman–Crippen MR) is 78.0 cm³/mol. The van der Waals surface area contributed by atoms with E-state index in [0.29, 0.717) is 17.7 Å². The van der Waals surface area contributed by atoms with Crippen molar-refractivity contribution in [3.05, 3.63) is 63.1 Å². The first-order chi connectivity index (χ1) is 9.16. The Labute approximate surface area is 120 Å². The minimum atomic E-state index is 0.0225. The maximum absolute atomic E-state index is 12.6. The number of hydrogen-bond donors (Lipinski definition) is 0. The highest BCUT2D eigenvalue weighted by molar-refractivity contribution is 9.10. The molecule has 0 bridgehead atoms. The van der Waals surface area contributed by atoms with Crippen LogP contribution in [0.25, 0.3) is 0 Å². The van der Waals surface area contributed by atoms with Gasteiger partial charge in [0.25, 0.3) is 0 Å². The van der Waals surface area contributed by atoms with E-state index in [1.54, 1.807) is 0 Å². The number of hydrogen-bond acceptors (Lipinski definition) is 2. The molecule has 19 heavy (non-hydrogen) atoms. The van der Waals surface area contributed by atoms with Crippen LogP contribution >= 0.6 is 15.9 Å². The molecule has 0 saturated carbocycles. The number of carbonyl (C=O) groups is 1. The number of halogens is 1. The zero-order valence-corrected chi connectivity index (χ0v) is 12.2. The van der Waals surface area contributed by atoms with Crippen LogP contribution < -0.4 is 4.74 Å². The van der Waals surface area contributed by atoms with Crippen LogP contribution in [0, 0.1) is 6.92 Å². The van der Waals surface area contributed by atoms with Crippen LogP contribution in [-0.2, 0) is 6.42 Å². The molecule has 1 heterocycles. The van der Waals surface area contributed by atoms with Gasteiger partial charge in [0.05, 0.1) is 12.2 Å². The van der Waals surface area contributed by atoms with Gasteiger partial charge in [0, 0.05) is 16.5 Å². The fourth-order valence-electron chi connectivity index (χ4n) is 2.34. The third kappa shape index (κ3) is 2.19. The third-order valence-corrected chi connectivity index (χ3v) is 4.27. The molecule has 0 N–H and O–H groups in total. The van der Waals surface area contributed by atoms with Gasteiger partial charge in [-0.15, -0.1) is 0 Å². The van der Waals surface area contributed by atoms with Crippen LogP contribution in [-0.4, -0.2) is 12.4 Å². The summed E-state index contributed by atoms with van der Waals surface area (Å²) in [5.41, 5.74) is 3.54. The Hall–Kier alpha value is -1.61. The Kier molecular flexibility index (Phi) is 3.15. The Morgan fingerprint density at radius 1 is 1.26 bits per heavy atom. The van der Waals surface area contributed by atoms with E-state index >= 15 is 0 Å². The van der Waals surface area contributed by atoms with Gasteiger partial charge in [0.15, 0.2) is 5.78 Å². The predicted octanol–water partition coefficient (Wildman–Crippen LogP) is 3.92. The highest BCUT2D eigenvalue weighted by Gasteiger charge is 2.21. The molecule has 1 aliphatic heterocycles. The van der Waals surface area contributed by atoms with Crippen LogP contribution in [0.1, 0.15) is 27.0 Å². The molecule has 0 radical (unpaired) electrons. The molecule has 0 fully saturated rings. The third-order valence-electron chi connectivity index (χ3n) is 3.38. The van der Waals surface area contributed by atoms with E-state index in [9.17, 15) is 4.79 Å². The molecule has 0 amide bonds. The average Bonchev–Trinajstić information content (AvgIpc) is 2.89. The van der Waals surface area contributed by atoms with Gasteiger partial charge in [-0.05, 0) is 42.3 Å². The summed E-state index contributed by atoms with van der Waals surface area (Å²) in [7, 11) is 0. The number of para-hydroxylation sites is 1. The highest BCUT2D eigenvalue weighted by atomic mass is 79.9. The maximum atomic E-state index is 12.6. The minimum absolute atomic E-state index is 0.0225. The summed E-state index contributed by atoms with van der Waals surface area (Å²) in [5, 5.41) is 0. The van der Waals surface area contributed by atoms with Crippen molar-refractivity contribution >= 4 is 21.7 Å². The van der Waals surface area contributed by atoms with Crippen LogP contribution in [0.15, 0.2) is 40.9 Å². The van der Waals surface area contributed by atoms with Gasteiger partial charge in [0.1, 0.15) is 5.75 Å². The molecule has 96 valence electrons.